The molecule has 1 atom stereocenters. The minimum Gasteiger partial charge on any atom is -0.497 e. The summed E-state index contributed by atoms with van der Waals surface area (Å²) in [6, 6.07) is 15.0. The lowest BCUT2D eigenvalue weighted by atomic mass is 10.1. The average Bonchev–Trinajstić information content (AvgIpc) is 3.29. The van der Waals surface area contributed by atoms with Crippen LogP contribution in [-0.4, -0.2) is 35.4 Å². The summed E-state index contributed by atoms with van der Waals surface area (Å²) >= 11 is 0. The Labute approximate surface area is 156 Å². The second kappa shape index (κ2) is 7.11. The number of aromatic nitrogens is 2. The van der Waals surface area contributed by atoms with Crippen molar-refractivity contribution in [3.63, 3.8) is 0 Å². The van der Waals surface area contributed by atoms with Crippen molar-refractivity contribution in [3.05, 3.63) is 54.4 Å². The van der Waals surface area contributed by atoms with Gasteiger partial charge in [-0.15, -0.1) is 0 Å². The molecular formula is C20H20N4O3. The number of carbonyl (C=O) groups excluding carboxylic acids is 2. The highest BCUT2D eigenvalue weighted by molar-refractivity contribution is 6.00. The third kappa shape index (κ3) is 3.48. The number of aromatic amines is 1. The van der Waals surface area contributed by atoms with Crippen LogP contribution >= 0.6 is 0 Å². The maximum atomic E-state index is 12.5. The molecule has 4 rings (SSSR count). The van der Waals surface area contributed by atoms with Gasteiger partial charge in [0.2, 0.25) is 11.8 Å². The largest absolute Gasteiger partial charge is 0.497 e. The lowest BCUT2D eigenvalue weighted by Gasteiger charge is -2.17. The predicted octanol–water partition coefficient (Wildman–Crippen LogP) is 2.24. The number of nitrogens with one attached hydrogen (secondary N) is 2. The van der Waals surface area contributed by atoms with Crippen molar-refractivity contribution in [2.24, 2.45) is 5.92 Å². The summed E-state index contributed by atoms with van der Waals surface area (Å²) < 4.78 is 5.14. The highest BCUT2D eigenvalue weighted by Gasteiger charge is 2.35. The number of nitrogens with zero attached hydrogens (tertiary/aromatic N) is 2. The number of anilines is 1. The van der Waals surface area contributed by atoms with E-state index in [0.717, 1.165) is 22.5 Å². The van der Waals surface area contributed by atoms with Crippen LogP contribution in [0.2, 0.25) is 0 Å². The van der Waals surface area contributed by atoms with Gasteiger partial charge in [-0.2, -0.15) is 0 Å². The van der Waals surface area contributed by atoms with E-state index in [1.165, 1.54) is 0 Å². The summed E-state index contributed by atoms with van der Waals surface area (Å²) in [7, 11) is 1.60. The van der Waals surface area contributed by atoms with Crippen molar-refractivity contribution in [2.75, 3.05) is 18.6 Å². The number of para-hydroxylation sites is 2. The van der Waals surface area contributed by atoms with E-state index in [0.29, 0.717) is 18.9 Å². The standard InChI is InChI=1S/C20H20N4O3/c1-27-15-8-6-14(7-9-15)24-12-13(10-19(24)25)20(26)21-11-18-22-16-4-2-3-5-17(16)23-18/h2-9,13H,10-12H2,1H3,(H,21,26)(H,22,23). The van der Waals surface area contributed by atoms with Gasteiger partial charge in [0.05, 0.1) is 30.6 Å². The molecule has 1 fully saturated rings. The molecular weight excluding hydrogens is 344 g/mol. The minimum absolute atomic E-state index is 0.0518. The molecule has 2 amide bonds. The molecule has 0 spiro atoms. The van der Waals surface area contributed by atoms with Crippen LogP contribution in [0.25, 0.3) is 11.0 Å². The van der Waals surface area contributed by atoms with Crippen LogP contribution in [0.5, 0.6) is 5.75 Å². The summed E-state index contributed by atoms with van der Waals surface area (Å²) in [4.78, 5) is 34.1. The number of carbonyl (C=O) groups is 2. The molecule has 7 nitrogen and oxygen atoms in total. The number of imidazole rings is 1. The molecule has 1 unspecified atom stereocenters. The van der Waals surface area contributed by atoms with Crippen LogP contribution < -0.4 is 15.0 Å². The van der Waals surface area contributed by atoms with Crippen LogP contribution in [0.3, 0.4) is 0 Å². The van der Waals surface area contributed by atoms with E-state index in [9.17, 15) is 9.59 Å². The molecule has 2 N–H and O–H groups in total. The fourth-order valence-electron chi connectivity index (χ4n) is 3.30. The second-order valence-corrected chi connectivity index (χ2v) is 6.52. The van der Waals surface area contributed by atoms with Crippen LogP contribution in [0.4, 0.5) is 5.69 Å². The molecule has 1 aromatic heterocycles. The van der Waals surface area contributed by atoms with Crippen molar-refractivity contribution >= 4 is 28.5 Å². The van der Waals surface area contributed by atoms with Crippen LogP contribution in [-0.2, 0) is 16.1 Å². The molecule has 0 bridgehead atoms. The number of benzene rings is 2. The van der Waals surface area contributed by atoms with Gasteiger partial charge in [-0.3, -0.25) is 9.59 Å². The molecule has 0 saturated carbocycles. The van der Waals surface area contributed by atoms with E-state index in [2.05, 4.69) is 15.3 Å². The van der Waals surface area contributed by atoms with Crippen molar-refractivity contribution in [1.82, 2.24) is 15.3 Å². The van der Waals surface area contributed by atoms with E-state index >= 15 is 0 Å². The van der Waals surface area contributed by atoms with Gasteiger partial charge >= 0.3 is 0 Å². The van der Waals surface area contributed by atoms with Crippen molar-refractivity contribution in [1.29, 1.82) is 0 Å². The van der Waals surface area contributed by atoms with Gasteiger partial charge in [0, 0.05) is 18.7 Å². The van der Waals surface area contributed by atoms with Crippen molar-refractivity contribution < 1.29 is 14.3 Å². The Balaban J connectivity index is 1.38. The molecule has 2 heterocycles. The van der Waals surface area contributed by atoms with E-state index in [4.69, 9.17) is 4.74 Å². The molecule has 1 aliphatic heterocycles. The third-order valence-electron chi connectivity index (χ3n) is 4.75. The van der Waals surface area contributed by atoms with E-state index in [-0.39, 0.29) is 24.2 Å². The number of hydrogen-bond donors (Lipinski definition) is 2. The van der Waals surface area contributed by atoms with E-state index < -0.39 is 0 Å². The first-order chi connectivity index (χ1) is 13.1. The van der Waals surface area contributed by atoms with Crippen molar-refractivity contribution in [2.45, 2.75) is 13.0 Å². The Morgan fingerprint density at radius 3 is 2.78 bits per heavy atom. The molecule has 27 heavy (non-hydrogen) atoms. The molecule has 0 aliphatic carbocycles. The van der Waals surface area contributed by atoms with E-state index in [1.807, 2.05) is 36.4 Å². The Kier molecular flexibility index (Phi) is 4.50. The van der Waals surface area contributed by atoms with Gasteiger partial charge in [-0.05, 0) is 36.4 Å². The van der Waals surface area contributed by atoms with Gasteiger partial charge < -0.3 is 19.9 Å². The molecule has 7 heteroatoms. The fourth-order valence-corrected chi connectivity index (χ4v) is 3.30. The zero-order valence-corrected chi connectivity index (χ0v) is 14.9. The molecule has 138 valence electrons. The first-order valence-electron chi connectivity index (χ1n) is 8.80. The van der Waals surface area contributed by atoms with Gasteiger partial charge in [0.15, 0.2) is 0 Å². The zero-order chi connectivity index (χ0) is 18.8. The Morgan fingerprint density at radius 2 is 2.04 bits per heavy atom. The summed E-state index contributed by atoms with van der Waals surface area (Å²) in [6.07, 6.45) is 0.206. The SMILES string of the molecule is COc1ccc(N2CC(C(=O)NCc3nc4ccccc4[nH]3)CC2=O)cc1. The highest BCUT2D eigenvalue weighted by Crippen LogP contribution is 2.27. The van der Waals surface area contributed by atoms with Gasteiger partial charge in [0.1, 0.15) is 11.6 Å². The maximum absolute atomic E-state index is 12.5. The number of methoxy groups -OCH3 is 1. The van der Waals surface area contributed by atoms with Crippen molar-refractivity contribution in [3.8, 4) is 5.75 Å². The van der Waals surface area contributed by atoms with Gasteiger partial charge in [-0.25, -0.2) is 4.98 Å². The Bertz CT molecular complexity index is 947. The topological polar surface area (TPSA) is 87.3 Å². The first-order valence-corrected chi connectivity index (χ1v) is 8.80. The van der Waals surface area contributed by atoms with Crippen LogP contribution in [0.1, 0.15) is 12.2 Å². The lowest BCUT2D eigenvalue weighted by Crippen LogP contribution is -2.32. The van der Waals surface area contributed by atoms with E-state index in [1.54, 1.807) is 24.1 Å². The lowest BCUT2D eigenvalue weighted by molar-refractivity contribution is -0.126. The van der Waals surface area contributed by atoms with Gasteiger partial charge in [-0.1, -0.05) is 12.1 Å². The summed E-state index contributed by atoms with van der Waals surface area (Å²) in [5, 5.41) is 2.88. The maximum Gasteiger partial charge on any atom is 0.227 e. The number of fused-ring (bicyclic) bond motifs is 1. The van der Waals surface area contributed by atoms with Gasteiger partial charge in [0.25, 0.3) is 0 Å². The number of ether oxygens (including phenoxy) is 1. The molecule has 0 radical (unpaired) electrons. The summed E-state index contributed by atoms with van der Waals surface area (Å²) in [6.45, 7) is 0.678. The first kappa shape index (κ1) is 17.1. The number of amides is 2. The Morgan fingerprint density at radius 1 is 1.26 bits per heavy atom. The smallest absolute Gasteiger partial charge is 0.227 e. The fraction of sp³-hybridized carbons (Fsp3) is 0.250. The average molecular weight is 364 g/mol. The monoisotopic (exact) mass is 364 g/mol. The minimum atomic E-state index is -0.371. The number of H-pyrrole nitrogens is 1. The van der Waals surface area contributed by atoms with Crippen LogP contribution in [0, 0.1) is 5.92 Å². The summed E-state index contributed by atoms with van der Waals surface area (Å²) in [5.74, 6) is 0.860. The number of rotatable bonds is 5. The highest BCUT2D eigenvalue weighted by atomic mass is 16.5. The molecule has 1 saturated heterocycles. The molecule has 2 aromatic carbocycles. The Hall–Kier alpha value is -3.35. The van der Waals surface area contributed by atoms with Crippen LogP contribution in [0.15, 0.2) is 48.5 Å². The zero-order valence-electron chi connectivity index (χ0n) is 14.9. The predicted molar refractivity (Wildman–Crippen MR) is 101 cm³/mol. The third-order valence-corrected chi connectivity index (χ3v) is 4.75. The molecule has 1 aliphatic rings. The summed E-state index contributed by atoms with van der Waals surface area (Å²) in [5.41, 5.74) is 2.57. The quantitative estimate of drug-likeness (QED) is 0.727. The normalized spacial score (nSPS) is 16.7. The second-order valence-electron chi connectivity index (χ2n) is 6.52. The molecule has 3 aromatic rings. The number of hydrogen-bond acceptors (Lipinski definition) is 4.